The van der Waals surface area contributed by atoms with E-state index in [1.807, 2.05) is 30.3 Å². The molecule has 154 valence electrons. The van der Waals surface area contributed by atoms with Crippen molar-refractivity contribution in [3.8, 4) is 11.3 Å². The minimum atomic E-state index is -6.00. The smallest absolute Gasteiger partial charge is 0.456 e. The first kappa shape index (κ1) is 21.6. The Morgan fingerprint density at radius 3 is 2.21 bits per heavy atom. The highest BCUT2D eigenvalue weighted by Crippen LogP contribution is 2.23. The summed E-state index contributed by atoms with van der Waals surface area (Å²) in [6.07, 6.45) is 6.51. The zero-order chi connectivity index (χ0) is 20.9. The van der Waals surface area contributed by atoms with Crippen LogP contribution < -0.4 is 10.3 Å². The van der Waals surface area contributed by atoms with E-state index in [1.165, 1.54) is 37.5 Å². The van der Waals surface area contributed by atoms with Crippen LogP contribution in [0.4, 0.5) is 17.3 Å². The van der Waals surface area contributed by atoms with Gasteiger partial charge in [-0.3, -0.25) is 0 Å². The molecule has 0 radical (unpaired) electrons. The van der Waals surface area contributed by atoms with Crippen LogP contribution in [-0.2, 0) is 0 Å². The molecule has 1 heterocycles. The molecule has 0 atom stereocenters. The number of halogens is 5. The molecule has 29 heavy (non-hydrogen) atoms. The molecule has 0 bridgehead atoms. The molecule has 1 N–H and O–H groups in total. The molecule has 2 nitrogen and oxygen atoms in total. The maximum absolute atomic E-state index is 9.75. The van der Waals surface area contributed by atoms with Gasteiger partial charge >= 0.3 is 7.25 Å². The van der Waals surface area contributed by atoms with Crippen LogP contribution in [-0.4, -0.2) is 13.3 Å². The molecule has 0 aliphatic heterocycles. The molecule has 4 rings (SSSR count). The first-order valence-corrected chi connectivity index (χ1v) is 10.3. The molecule has 0 amide bonds. The monoisotopic (exact) mass is 469 g/mol. The van der Waals surface area contributed by atoms with E-state index in [1.54, 1.807) is 0 Å². The fraction of sp³-hybridized carbons (Fsp3) is 0.286. The third kappa shape index (κ3) is 6.73. The van der Waals surface area contributed by atoms with E-state index in [9.17, 15) is 17.3 Å². The van der Waals surface area contributed by atoms with Crippen molar-refractivity contribution in [1.82, 2.24) is 0 Å². The van der Waals surface area contributed by atoms with Gasteiger partial charge in [-0.1, -0.05) is 52.7 Å². The average Bonchev–Trinajstić information content (AvgIpc) is 2.68. The van der Waals surface area contributed by atoms with Gasteiger partial charge in [-0.2, -0.15) is 0 Å². The fourth-order valence-electron chi connectivity index (χ4n) is 3.49. The van der Waals surface area contributed by atoms with E-state index in [4.69, 9.17) is 4.42 Å². The lowest BCUT2D eigenvalue weighted by Crippen LogP contribution is -2.83. The molecule has 0 spiro atoms. The van der Waals surface area contributed by atoms with Crippen LogP contribution in [0.25, 0.3) is 22.3 Å². The first-order chi connectivity index (χ1) is 13.8. The van der Waals surface area contributed by atoms with Gasteiger partial charge in [-0.25, -0.2) is 4.99 Å². The zero-order valence-electron chi connectivity index (χ0n) is 15.7. The molecule has 1 saturated carbocycles. The maximum Gasteiger partial charge on any atom is 0.673 e. The number of rotatable bonds is 2. The van der Waals surface area contributed by atoms with Gasteiger partial charge in [-0.15, -0.1) is 0 Å². The van der Waals surface area contributed by atoms with Crippen molar-refractivity contribution in [2.24, 2.45) is 0 Å². The van der Waals surface area contributed by atoms with Crippen LogP contribution in [0.1, 0.15) is 32.1 Å². The van der Waals surface area contributed by atoms with E-state index in [-0.39, 0.29) is 0 Å². The van der Waals surface area contributed by atoms with Gasteiger partial charge in [0.15, 0.2) is 6.04 Å². The highest BCUT2D eigenvalue weighted by atomic mass is 79.9. The molecular weight excluding hydrogens is 449 g/mol. The van der Waals surface area contributed by atoms with Crippen LogP contribution in [0.3, 0.4) is 0 Å². The Labute approximate surface area is 174 Å². The summed E-state index contributed by atoms with van der Waals surface area (Å²) in [6.45, 7) is 0. The Hall–Kier alpha value is -2.09. The van der Waals surface area contributed by atoms with E-state index in [2.05, 4.69) is 45.2 Å². The van der Waals surface area contributed by atoms with Crippen molar-refractivity contribution >= 4 is 34.2 Å². The standard InChI is InChI=1S/C21H20BrNO.BF4/c22-16-11-12-20-18(13-16)19(23-17-9-5-2-6-10-17)14-21(24-20)15-7-3-1-4-8-15;2-1(3,4)5/h1,3-4,7-8,11-14,17H,2,5-6,9-10H2;/q;-1/p+1. The van der Waals surface area contributed by atoms with Gasteiger partial charge in [0.1, 0.15) is 11.3 Å². The molecule has 0 saturated heterocycles. The number of hydrogen-bond acceptors (Lipinski definition) is 1. The lowest BCUT2D eigenvalue weighted by molar-refractivity contribution is -0.546. The Kier molecular flexibility index (Phi) is 7.16. The summed E-state index contributed by atoms with van der Waals surface area (Å²) in [5.41, 5.74) is 2.02. The predicted molar refractivity (Wildman–Crippen MR) is 111 cm³/mol. The molecule has 1 aliphatic rings. The Balaban J connectivity index is 0.000000431. The quantitative estimate of drug-likeness (QED) is 0.390. The molecular formula is C21H21BBrF4NO. The summed E-state index contributed by atoms with van der Waals surface area (Å²) < 4.78 is 46.2. The Bertz CT molecular complexity index is 1010. The lowest BCUT2D eigenvalue weighted by Gasteiger charge is -2.13. The second kappa shape index (κ2) is 9.61. The Morgan fingerprint density at radius 2 is 1.55 bits per heavy atom. The second-order valence-electron chi connectivity index (χ2n) is 7.00. The Morgan fingerprint density at radius 1 is 0.897 bits per heavy atom. The van der Waals surface area contributed by atoms with Crippen molar-refractivity contribution in [2.75, 3.05) is 0 Å². The molecule has 2 aromatic carbocycles. The van der Waals surface area contributed by atoms with Gasteiger partial charge in [0.05, 0.1) is 11.5 Å². The highest BCUT2D eigenvalue weighted by molar-refractivity contribution is 9.10. The predicted octanol–water partition coefficient (Wildman–Crippen LogP) is 5.48. The molecule has 3 aromatic rings. The molecule has 1 aliphatic carbocycles. The van der Waals surface area contributed by atoms with Crippen LogP contribution in [0.5, 0.6) is 0 Å². The minimum absolute atomic E-state index is 0.562. The van der Waals surface area contributed by atoms with Gasteiger partial charge in [0.2, 0.25) is 5.36 Å². The number of hydrogen-bond donors (Lipinski definition) is 1. The molecule has 8 heteroatoms. The third-order valence-electron chi connectivity index (χ3n) is 4.75. The zero-order valence-corrected chi connectivity index (χ0v) is 17.3. The van der Waals surface area contributed by atoms with Crippen molar-refractivity contribution in [3.63, 3.8) is 0 Å². The normalized spacial score (nSPS) is 15.8. The van der Waals surface area contributed by atoms with Gasteiger partial charge in [0.25, 0.3) is 0 Å². The first-order valence-electron chi connectivity index (χ1n) is 9.55. The van der Waals surface area contributed by atoms with Crippen LogP contribution in [0.2, 0.25) is 0 Å². The van der Waals surface area contributed by atoms with E-state index < -0.39 is 7.25 Å². The summed E-state index contributed by atoms with van der Waals surface area (Å²) in [4.78, 5) is 3.78. The lowest BCUT2D eigenvalue weighted by atomic mass is 9.96. The summed E-state index contributed by atoms with van der Waals surface area (Å²) in [5.74, 6) is 0.906. The van der Waals surface area contributed by atoms with E-state index >= 15 is 0 Å². The summed E-state index contributed by atoms with van der Waals surface area (Å²) >= 11 is 3.59. The van der Waals surface area contributed by atoms with Crippen molar-refractivity contribution < 1.29 is 26.7 Å². The van der Waals surface area contributed by atoms with Crippen molar-refractivity contribution in [1.29, 1.82) is 0 Å². The minimum Gasteiger partial charge on any atom is -0.456 e. The van der Waals surface area contributed by atoms with Crippen LogP contribution >= 0.6 is 15.9 Å². The highest BCUT2D eigenvalue weighted by Gasteiger charge is 2.20. The molecule has 1 aromatic heterocycles. The summed E-state index contributed by atoms with van der Waals surface area (Å²) in [5, 5.41) is 2.30. The van der Waals surface area contributed by atoms with E-state index in [0.717, 1.165) is 26.8 Å². The molecule has 1 fully saturated rings. The number of fused-ring (bicyclic) bond motifs is 1. The SMILES string of the molecule is Brc1ccc2oc(-c3ccccc3)cc(=[NH+]C3CCCCC3)c2c1.F[B-](F)(F)F. The fourth-order valence-corrected chi connectivity index (χ4v) is 3.85. The van der Waals surface area contributed by atoms with Gasteiger partial charge < -0.3 is 21.7 Å². The van der Waals surface area contributed by atoms with Gasteiger partial charge in [0, 0.05) is 22.9 Å². The third-order valence-corrected chi connectivity index (χ3v) is 5.24. The van der Waals surface area contributed by atoms with E-state index in [0.29, 0.717) is 6.04 Å². The number of nitrogens with one attached hydrogen (secondary N) is 1. The van der Waals surface area contributed by atoms with Crippen LogP contribution in [0, 0.1) is 0 Å². The van der Waals surface area contributed by atoms with Crippen molar-refractivity contribution in [2.45, 2.75) is 38.1 Å². The van der Waals surface area contributed by atoms with Crippen LogP contribution in [0.15, 0.2) is 63.5 Å². The topological polar surface area (TPSA) is 27.1 Å². The van der Waals surface area contributed by atoms with Crippen molar-refractivity contribution in [3.05, 3.63) is 64.4 Å². The maximum atomic E-state index is 9.75. The number of benzene rings is 2. The average molecular weight is 470 g/mol. The second-order valence-corrected chi connectivity index (χ2v) is 7.92. The molecule has 0 unspecified atom stereocenters. The van der Waals surface area contributed by atoms with Gasteiger partial charge in [-0.05, 0) is 31.0 Å². The summed E-state index contributed by atoms with van der Waals surface area (Å²) in [6, 6.07) is 19.2. The largest absolute Gasteiger partial charge is 0.673 e. The summed E-state index contributed by atoms with van der Waals surface area (Å²) in [7, 11) is -6.00.